The van der Waals surface area contributed by atoms with Gasteiger partial charge in [-0.15, -0.1) is 0 Å². The van der Waals surface area contributed by atoms with Crippen molar-refractivity contribution in [1.29, 1.82) is 0 Å². The number of hydrogen-bond donors (Lipinski definition) is 1. The van der Waals surface area contributed by atoms with Gasteiger partial charge in [-0.2, -0.15) is 0 Å². The summed E-state index contributed by atoms with van der Waals surface area (Å²) in [5.74, 6) is 0.363. The normalized spacial score (nSPS) is 21.4. The van der Waals surface area contributed by atoms with Crippen LogP contribution in [0, 0.1) is 19.7 Å². The minimum atomic E-state index is -0.131. The highest BCUT2D eigenvalue weighted by atomic mass is 19.1. The molecule has 104 valence electrons. The van der Waals surface area contributed by atoms with Gasteiger partial charge in [0.05, 0.1) is 0 Å². The van der Waals surface area contributed by atoms with E-state index in [4.69, 9.17) is 0 Å². The molecule has 20 heavy (non-hydrogen) atoms. The first-order chi connectivity index (χ1) is 9.63. The van der Waals surface area contributed by atoms with Gasteiger partial charge in [-0.25, -0.2) is 4.39 Å². The molecule has 1 fully saturated rings. The average molecular weight is 269 g/mol. The molecule has 0 atom stereocenters. The maximum atomic E-state index is 13.2. The topological polar surface area (TPSA) is 12.0 Å². The largest absolute Gasteiger partial charge is 0.382 e. The Balaban J connectivity index is 1.62. The van der Waals surface area contributed by atoms with Gasteiger partial charge in [0.15, 0.2) is 0 Å². The summed E-state index contributed by atoms with van der Waals surface area (Å²) in [6, 6.07) is 13.9. The molecule has 0 aromatic heterocycles. The van der Waals surface area contributed by atoms with Crippen molar-refractivity contribution in [2.24, 2.45) is 0 Å². The lowest BCUT2D eigenvalue weighted by atomic mass is 9.75. The average Bonchev–Trinajstić information content (AvgIpc) is 2.38. The molecular formula is C18H20FN. The molecule has 0 bridgehead atoms. The van der Waals surface area contributed by atoms with E-state index in [2.05, 4.69) is 37.4 Å². The first kappa shape index (κ1) is 13.2. The molecule has 0 aliphatic heterocycles. The van der Waals surface area contributed by atoms with Crippen LogP contribution in [0.25, 0.3) is 0 Å². The Morgan fingerprint density at radius 2 is 1.80 bits per heavy atom. The van der Waals surface area contributed by atoms with E-state index < -0.39 is 0 Å². The number of benzene rings is 2. The second kappa shape index (κ2) is 5.28. The quantitative estimate of drug-likeness (QED) is 0.844. The lowest BCUT2D eigenvalue weighted by molar-refractivity contribution is 0.373. The Labute approximate surface area is 119 Å². The summed E-state index contributed by atoms with van der Waals surface area (Å²) in [4.78, 5) is 0. The molecule has 0 saturated heterocycles. The molecule has 1 N–H and O–H groups in total. The summed E-state index contributed by atoms with van der Waals surface area (Å²) in [7, 11) is 0. The fourth-order valence-electron chi connectivity index (χ4n) is 2.90. The standard InChI is InChI=1S/C18H20FN/c1-12-5-3-8-18(13(12)2)20-17-10-15(11-17)14-6-4-7-16(19)9-14/h3-9,15,17,20H,10-11H2,1-2H3. The van der Waals surface area contributed by atoms with Crippen LogP contribution in [0.3, 0.4) is 0 Å². The predicted molar refractivity (Wildman–Crippen MR) is 81.7 cm³/mol. The van der Waals surface area contributed by atoms with Crippen LogP contribution in [-0.2, 0) is 0 Å². The molecule has 1 aliphatic carbocycles. The maximum Gasteiger partial charge on any atom is 0.123 e. The van der Waals surface area contributed by atoms with E-state index in [1.807, 2.05) is 6.07 Å². The van der Waals surface area contributed by atoms with E-state index in [0.29, 0.717) is 12.0 Å². The zero-order chi connectivity index (χ0) is 14.1. The fraction of sp³-hybridized carbons (Fsp3) is 0.333. The van der Waals surface area contributed by atoms with Crippen LogP contribution in [0.15, 0.2) is 42.5 Å². The monoisotopic (exact) mass is 269 g/mol. The second-order valence-electron chi connectivity index (χ2n) is 5.81. The summed E-state index contributed by atoms with van der Waals surface area (Å²) < 4.78 is 13.2. The van der Waals surface area contributed by atoms with Crippen LogP contribution < -0.4 is 5.32 Å². The minimum Gasteiger partial charge on any atom is -0.382 e. The van der Waals surface area contributed by atoms with E-state index in [-0.39, 0.29) is 5.82 Å². The highest BCUT2D eigenvalue weighted by molar-refractivity contribution is 5.54. The van der Waals surface area contributed by atoms with Gasteiger partial charge >= 0.3 is 0 Å². The minimum absolute atomic E-state index is 0.131. The van der Waals surface area contributed by atoms with Crippen LogP contribution >= 0.6 is 0 Å². The van der Waals surface area contributed by atoms with Crippen molar-refractivity contribution in [3.8, 4) is 0 Å². The van der Waals surface area contributed by atoms with E-state index >= 15 is 0 Å². The summed E-state index contributed by atoms with van der Waals surface area (Å²) in [6.45, 7) is 4.29. The number of hydrogen-bond acceptors (Lipinski definition) is 1. The second-order valence-corrected chi connectivity index (χ2v) is 5.81. The van der Waals surface area contributed by atoms with Crippen molar-refractivity contribution in [2.75, 3.05) is 5.32 Å². The molecule has 2 heteroatoms. The summed E-state index contributed by atoms with van der Waals surface area (Å²) >= 11 is 0. The maximum absolute atomic E-state index is 13.2. The third kappa shape index (κ3) is 2.55. The molecule has 2 aromatic rings. The molecule has 0 unspecified atom stereocenters. The fourth-order valence-corrected chi connectivity index (χ4v) is 2.90. The molecule has 0 heterocycles. The Hall–Kier alpha value is -1.83. The molecule has 0 radical (unpaired) electrons. The Morgan fingerprint density at radius 1 is 1.05 bits per heavy atom. The van der Waals surface area contributed by atoms with E-state index in [1.54, 1.807) is 12.1 Å². The zero-order valence-electron chi connectivity index (χ0n) is 12.0. The Morgan fingerprint density at radius 3 is 2.55 bits per heavy atom. The van der Waals surface area contributed by atoms with Crippen LogP contribution in [0.2, 0.25) is 0 Å². The third-order valence-electron chi connectivity index (χ3n) is 4.42. The van der Waals surface area contributed by atoms with E-state index in [9.17, 15) is 4.39 Å². The van der Waals surface area contributed by atoms with Crippen molar-refractivity contribution >= 4 is 5.69 Å². The van der Waals surface area contributed by atoms with Crippen LogP contribution in [0.1, 0.15) is 35.4 Å². The lowest BCUT2D eigenvalue weighted by Crippen LogP contribution is -2.34. The highest BCUT2D eigenvalue weighted by Gasteiger charge is 2.30. The first-order valence-corrected chi connectivity index (χ1v) is 7.21. The highest BCUT2D eigenvalue weighted by Crippen LogP contribution is 2.39. The predicted octanol–water partition coefficient (Wildman–Crippen LogP) is 4.80. The van der Waals surface area contributed by atoms with E-state index in [0.717, 1.165) is 18.4 Å². The lowest BCUT2D eigenvalue weighted by Gasteiger charge is -2.37. The number of rotatable bonds is 3. The smallest absolute Gasteiger partial charge is 0.123 e. The van der Waals surface area contributed by atoms with Gasteiger partial charge in [-0.05, 0) is 67.5 Å². The number of nitrogens with one attached hydrogen (secondary N) is 1. The van der Waals surface area contributed by atoms with E-state index in [1.165, 1.54) is 22.9 Å². The molecule has 3 rings (SSSR count). The molecular weight excluding hydrogens is 249 g/mol. The van der Waals surface area contributed by atoms with Crippen LogP contribution in [0.5, 0.6) is 0 Å². The number of halogens is 1. The van der Waals surface area contributed by atoms with Crippen LogP contribution in [-0.4, -0.2) is 6.04 Å². The molecule has 1 saturated carbocycles. The van der Waals surface area contributed by atoms with Crippen molar-refractivity contribution in [2.45, 2.75) is 38.6 Å². The van der Waals surface area contributed by atoms with Gasteiger partial charge in [0.2, 0.25) is 0 Å². The molecule has 0 spiro atoms. The van der Waals surface area contributed by atoms with Crippen molar-refractivity contribution in [1.82, 2.24) is 0 Å². The van der Waals surface area contributed by atoms with Gasteiger partial charge < -0.3 is 5.32 Å². The van der Waals surface area contributed by atoms with Gasteiger partial charge in [0.1, 0.15) is 5.82 Å². The van der Waals surface area contributed by atoms with Gasteiger partial charge in [-0.1, -0.05) is 24.3 Å². The van der Waals surface area contributed by atoms with Gasteiger partial charge in [0, 0.05) is 11.7 Å². The zero-order valence-corrected chi connectivity index (χ0v) is 12.0. The molecule has 1 nitrogen and oxygen atoms in total. The number of anilines is 1. The Kier molecular flexibility index (Phi) is 3.47. The molecule has 0 amide bonds. The summed E-state index contributed by atoms with van der Waals surface area (Å²) in [5, 5.41) is 3.61. The molecule has 2 aromatic carbocycles. The van der Waals surface area contributed by atoms with Crippen molar-refractivity contribution < 1.29 is 4.39 Å². The van der Waals surface area contributed by atoms with Gasteiger partial charge in [-0.3, -0.25) is 0 Å². The van der Waals surface area contributed by atoms with Crippen LogP contribution in [0.4, 0.5) is 10.1 Å². The summed E-state index contributed by atoms with van der Waals surface area (Å²) in [5.41, 5.74) is 4.99. The number of aryl methyl sites for hydroxylation is 1. The first-order valence-electron chi connectivity index (χ1n) is 7.21. The van der Waals surface area contributed by atoms with Crippen molar-refractivity contribution in [3.63, 3.8) is 0 Å². The Bertz CT molecular complexity index is 615. The SMILES string of the molecule is Cc1cccc(NC2CC(c3cccc(F)c3)C2)c1C. The van der Waals surface area contributed by atoms with Crippen molar-refractivity contribution in [3.05, 3.63) is 65.0 Å². The third-order valence-corrected chi connectivity index (χ3v) is 4.42. The summed E-state index contributed by atoms with van der Waals surface area (Å²) in [6.07, 6.45) is 2.16. The molecule has 1 aliphatic rings. The van der Waals surface area contributed by atoms with Gasteiger partial charge in [0.25, 0.3) is 0 Å².